The van der Waals surface area contributed by atoms with Crippen LogP contribution in [0.3, 0.4) is 0 Å². The third-order valence-electron chi connectivity index (χ3n) is 3.37. The summed E-state index contributed by atoms with van der Waals surface area (Å²) in [5.41, 5.74) is 0. The lowest BCUT2D eigenvalue weighted by molar-refractivity contribution is -0.127. The quantitative estimate of drug-likeness (QED) is 0.736. The van der Waals surface area contributed by atoms with Gasteiger partial charge in [-0.25, -0.2) is 0 Å². The first kappa shape index (κ1) is 17.6. The lowest BCUT2D eigenvalue weighted by atomic mass is 10.1. The second-order valence-electron chi connectivity index (χ2n) is 5.47. The van der Waals surface area contributed by atoms with Crippen LogP contribution in [0.4, 0.5) is 0 Å². The van der Waals surface area contributed by atoms with Gasteiger partial charge in [-0.15, -0.1) is 0 Å². The number of nitrogens with one attached hydrogen (secondary N) is 2. The summed E-state index contributed by atoms with van der Waals surface area (Å²) < 4.78 is 10.6. The van der Waals surface area contributed by atoms with Crippen LogP contribution in [0.1, 0.15) is 19.1 Å². The molecule has 0 saturated carbocycles. The molecule has 128 valence electrons. The van der Waals surface area contributed by atoms with E-state index < -0.39 is 0 Å². The summed E-state index contributed by atoms with van der Waals surface area (Å²) in [6, 6.07) is 12.8. The number of aryl methyl sites for hydroxylation is 1. The topological polar surface area (TPSA) is 80.6 Å². The maximum atomic E-state index is 11.8. The van der Waals surface area contributed by atoms with Crippen molar-refractivity contribution in [1.82, 2.24) is 10.6 Å². The van der Waals surface area contributed by atoms with Crippen molar-refractivity contribution in [2.75, 3.05) is 13.2 Å². The van der Waals surface area contributed by atoms with Gasteiger partial charge < -0.3 is 19.8 Å². The number of hydrogen-bond donors (Lipinski definition) is 2. The zero-order chi connectivity index (χ0) is 17.2. The predicted octanol–water partition coefficient (Wildman–Crippen LogP) is 1.91. The summed E-state index contributed by atoms with van der Waals surface area (Å²) in [5.74, 6) is 0.943. The van der Waals surface area contributed by atoms with Gasteiger partial charge in [-0.05, 0) is 37.6 Å². The molecule has 2 N–H and O–H groups in total. The lowest BCUT2D eigenvalue weighted by Crippen LogP contribution is -2.42. The third kappa shape index (κ3) is 6.56. The molecule has 2 aromatic rings. The molecule has 6 nitrogen and oxygen atoms in total. The summed E-state index contributed by atoms with van der Waals surface area (Å²) in [7, 11) is 0. The van der Waals surface area contributed by atoms with Gasteiger partial charge in [0.15, 0.2) is 6.61 Å². The smallest absolute Gasteiger partial charge is 0.258 e. The van der Waals surface area contributed by atoms with Crippen LogP contribution in [0.5, 0.6) is 5.75 Å². The molecule has 24 heavy (non-hydrogen) atoms. The van der Waals surface area contributed by atoms with E-state index in [2.05, 4.69) is 10.6 Å². The van der Waals surface area contributed by atoms with Crippen LogP contribution >= 0.6 is 0 Å². The van der Waals surface area contributed by atoms with Crippen LogP contribution in [0.15, 0.2) is 53.1 Å². The van der Waals surface area contributed by atoms with Crippen LogP contribution in [-0.4, -0.2) is 31.0 Å². The number of furan rings is 1. The van der Waals surface area contributed by atoms with Crippen molar-refractivity contribution in [3.63, 3.8) is 0 Å². The average molecular weight is 330 g/mol. The first-order valence-electron chi connectivity index (χ1n) is 7.90. The molecule has 6 heteroatoms. The average Bonchev–Trinajstić information content (AvgIpc) is 3.11. The van der Waals surface area contributed by atoms with E-state index in [4.69, 9.17) is 9.15 Å². The third-order valence-corrected chi connectivity index (χ3v) is 3.37. The molecule has 0 saturated heterocycles. The normalized spacial score (nSPS) is 11.5. The molecule has 0 radical (unpaired) electrons. The molecule has 0 aliphatic heterocycles. The van der Waals surface area contributed by atoms with Gasteiger partial charge in [-0.1, -0.05) is 18.2 Å². The Balaban J connectivity index is 1.58. The van der Waals surface area contributed by atoms with Gasteiger partial charge in [-0.3, -0.25) is 9.59 Å². The van der Waals surface area contributed by atoms with Gasteiger partial charge >= 0.3 is 0 Å². The second-order valence-corrected chi connectivity index (χ2v) is 5.47. The fourth-order valence-electron chi connectivity index (χ4n) is 2.11. The highest BCUT2D eigenvalue weighted by Gasteiger charge is 2.10. The van der Waals surface area contributed by atoms with Crippen LogP contribution in [0, 0.1) is 0 Å². The van der Waals surface area contributed by atoms with Crippen molar-refractivity contribution in [2.45, 2.75) is 25.8 Å². The number of para-hydroxylation sites is 1. The standard InChI is InChI=1S/C18H22N2O4/c1-14(9-10-16-8-5-11-23-16)20-17(21)12-19-18(22)13-24-15-6-3-2-4-7-15/h2-8,11,14H,9-10,12-13H2,1H3,(H,19,22)(H,20,21). The minimum Gasteiger partial charge on any atom is -0.484 e. The summed E-state index contributed by atoms with van der Waals surface area (Å²) in [6.07, 6.45) is 3.15. The van der Waals surface area contributed by atoms with E-state index >= 15 is 0 Å². The molecule has 1 aromatic carbocycles. The lowest BCUT2D eigenvalue weighted by Gasteiger charge is -2.13. The molecule has 0 aliphatic rings. The highest BCUT2D eigenvalue weighted by atomic mass is 16.5. The highest BCUT2D eigenvalue weighted by molar-refractivity contribution is 5.85. The Labute approximate surface area is 141 Å². The van der Waals surface area contributed by atoms with Crippen LogP contribution in [0.25, 0.3) is 0 Å². The molecule has 0 spiro atoms. The Morgan fingerprint density at radius 1 is 1.12 bits per heavy atom. The molecule has 0 fully saturated rings. The number of carbonyl (C=O) groups is 2. The first-order valence-corrected chi connectivity index (χ1v) is 7.90. The zero-order valence-electron chi connectivity index (χ0n) is 13.7. The van der Waals surface area contributed by atoms with Gasteiger partial charge in [-0.2, -0.15) is 0 Å². The highest BCUT2D eigenvalue weighted by Crippen LogP contribution is 2.07. The van der Waals surface area contributed by atoms with Gasteiger partial charge in [0, 0.05) is 12.5 Å². The summed E-state index contributed by atoms with van der Waals surface area (Å²) in [5, 5.41) is 5.37. The molecule has 1 unspecified atom stereocenters. The van der Waals surface area contributed by atoms with Crippen LogP contribution < -0.4 is 15.4 Å². The van der Waals surface area contributed by atoms with Gasteiger partial charge in [0.2, 0.25) is 5.91 Å². The zero-order valence-corrected chi connectivity index (χ0v) is 13.7. The molecule has 0 aliphatic carbocycles. The molecular weight excluding hydrogens is 308 g/mol. The molecule has 1 aromatic heterocycles. The van der Waals surface area contributed by atoms with Crippen molar-refractivity contribution < 1.29 is 18.7 Å². The largest absolute Gasteiger partial charge is 0.484 e. The van der Waals surface area contributed by atoms with Crippen molar-refractivity contribution in [2.24, 2.45) is 0 Å². The fraction of sp³-hybridized carbons (Fsp3) is 0.333. The van der Waals surface area contributed by atoms with Crippen LogP contribution in [0.2, 0.25) is 0 Å². The number of amides is 2. The molecule has 2 amide bonds. The minimum absolute atomic E-state index is 0.0000656. The van der Waals surface area contributed by atoms with Crippen molar-refractivity contribution in [3.8, 4) is 5.75 Å². The van der Waals surface area contributed by atoms with E-state index in [9.17, 15) is 9.59 Å². The monoisotopic (exact) mass is 330 g/mol. The fourth-order valence-corrected chi connectivity index (χ4v) is 2.11. The van der Waals surface area contributed by atoms with Crippen molar-refractivity contribution in [1.29, 1.82) is 0 Å². The Morgan fingerprint density at radius 2 is 1.92 bits per heavy atom. The maximum Gasteiger partial charge on any atom is 0.258 e. The predicted molar refractivity (Wildman–Crippen MR) is 89.6 cm³/mol. The van der Waals surface area contributed by atoms with Gasteiger partial charge in [0.05, 0.1) is 12.8 Å². The number of carbonyl (C=O) groups excluding carboxylic acids is 2. The van der Waals surface area contributed by atoms with E-state index in [0.29, 0.717) is 5.75 Å². The summed E-state index contributed by atoms with van der Waals surface area (Å²) in [4.78, 5) is 23.5. The Hall–Kier alpha value is -2.76. The molecular formula is C18H22N2O4. The molecule has 0 bridgehead atoms. The Bertz CT molecular complexity index is 626. The number of hydrogen-bond acceptors (Lipinski definition) is 4. The molecule has 1 atom stereocenters. The molecule has 1 heterocycles. The van der Waals surface area contributed by atoms with E-state index in [1.165, 1.54) is 0 Å². The number of ether oxygens (including phenoxy) is 1. The minimum atomic E-state index is -0.336. The van der Waals surface area contributed by atoms with Gasteiger partial charge in [0.25, 0.3) is 5.91 Å². The Kier molecular flexibility index (Phi) is 6.89. The number of benzene rings is 1. The van der Waals surface area contributed by atoms with E-state index in [1.807, 2.05) is 37.3 Å². The SMILES string of the molecule is CC(CCc1ccco1)NC(=O)CNC(=O)COc1ccccc1. The maximum absolute atomic E-state index is 11.8. The van der Waals surface area contributed by atoms with E-state index in [0.717, 1.165) is 18.6 Å². The van der Waals surface area contributed by atoms with Gasteiger partial charge in [0.1, 0.15) is 11.5 Å². The molecule has 2 rings (SSSR count). The summed E-state index contributed by atoms with van der Waals surface area (Å²) >= 11 is 0. The van der Waals surface area contributed by atoms with Crippen molar-refractivity contribution >= 4 is 11.8 Å². The number of rotatable bonds is 9. The first-order chi connectivity index (χ1) is 11.6. The second kappa shape index (κ2) is 9.39. The van der Waals surface area contributed by atoms with E-state index in [1.54, 1.807) is 18.4 Å². The van der Waals surface area contributed by atoms with Crippen LogP contribution in [-0.2, 0) is 16.0 Å². The summed E-state index contributed by atoms with van der Waals surface area (Å²) in [6.45, 7) is 1.73. The Morgan fingerprint density at radius 3 is 2.62 bits per heavy atom. The van der Waals surface area contributed by atoms with E-state index in [-0.39, 0.29) is 31.0 Å². The van der Waals surface area contributed by atoms with Crippen molar-refractivity contribution in [3.05, 3.63) is 54.5 Å².